The highest BCUT2D eigenvalue weighted by Crippen LogP contribution is 2.37. The van der Waals surface area contributed by atoms with Gasteiger partial charge in [-0.2, -0.15) is 13.2 Å². The van der Waals surface area contributed by atoms with Crippen LogP contribution in [0.5, 0.6) is 17.2 Å². The summed E-state index contributed by atoms with van der Waals surface area (Å²) < 4.78 is 50.9. The molecule has 194 valence electrons. The first-order chi connectivity index (χ1) is 18.2. The fourth-order valence-corrected chi connectivity index (χ4v) is 4.44. The number of methoxy groups -OCH3 is 1. The molecule has 1 unspecified atom stereocenters. The normalized spacial score (nSPS) is 15.3. The van der Waals surface area contributed by atoms with Crippen LogP contribution in [0.15, 0.2) is 91.0 Å². The van der Waals surface area contributed by atoms with Crippen LogP contribution in [0, 0.1) is 0 Å². The molecule has 1 saturated heterocycles. The van der Waals surface area contributed by atoms with Gasteiger partial charge in [0.25, 0.3) is 0 Å². The van der Waals surface area contributed by atoms with Crippen LogP contribution in [0.25, 0.3) is 11.1 Å². The fourth-order valence-electron chi connectivity index (χ4n) is 4.31. The predicted molar refractivity (Wildman–Crippen MR) is 140 cm³/mol. The standard InChI is InChI=1S/C29H22ClF3N2O3/c1-37-27-14-9-22(35-17-26(34-28(35)36)19-3-2-4-20(15-19)29(31,32)33)16-25(27)18-5-10-23(11-6-18)38-24-12-7-21(30)8-13-24/h2-16,26H,17H2,1H3,(H,34,36). The third-order valence-electron chi connectivity index (χ3n) is 6.23. The van der Waals surface area contributed by atoms with Crippen molar-refractivity contribution < 1.29 is 27.4 Å². The monoisotopic (exact) mass is 538 g/mol. The quantitative estimate of drug-likeness (QED) is 0.270. The van der Waals surface area contributed by atoms with Crippen molar-refractivity contribution in [3.63, 3.8) is 0 Å². The number of hydrogen-bond acceptors (Lipinski definition) is 3. The number of amides is 2. The van der Waals surface area contributed by atoms with E-state index < -0.39 is 23.8 Å². The average molecular weight is 539 g/mol. The first-order valence-corrected chi connectivity index (χ1v) is 12.1. The number of carbonyl (C=O) groups is 1. The highest BCUT2D eigenvalue weighted by atomic mass is 35.5. The molecule has 1 atom stereocenters. The van der Waals surface area contributed by atoms with Crippen molar-refractivity contribution >= 4 is 23.3 Å². The van der Waals surface area contributed by atoms with Crippen LogP contribution in [-0.2, 0) is 6.18 Å². The second-order valence-corrected chi connectivity index (χ2v) is 9.14. The molecule has 0 radical (unpaired) electrons. The number of rotatable bonds is 6. The lowest BCUT2D eigenvalue weighted by molar-refractivity contribution is -0.137. The third kappa shape index (κ3) is 5.40. The fraction of sp³-hybridized carbons (Fsp3) is 0.138. The summed E-state index contributed by atoms with van der Waals surface area (Å²) >= 11 is 5.93. The average Bonchev–Trinajstić information content (AvgIpc) is 3.31. The number of anilines is 1. The summed E-state index contributed by atoms with van der Waals surface area (Å²) in [7, 11) is 1.56. The summed E-state index contributed by atoms with van der Waals surface area (Å²) in [4.78, 5) is 14.3. The minimum atomic E-state index is -4.46. The highest BCUT2D eigenvalue weighted by Gasteiger charge is 2.34. The number of nitrogens with zero attached hydrogens (tertiary/aromatic N) is 1. The van der Waals surface area contributed by atoms with Gasteiger partial charge in [-0.15, -0.1) is 0 Å². The zero-order valence-electron chi connectivity index (χ0n) is 20.1. The molecular formula is C29H22ClF3N2O3. The lowest BCUT2D eigenvalue weighted by atomic mass is 10.0. The molecule has 1 fully saturated rings. The Morgan fingerprint density at radius 2 is 1.61 bits per heavy atom. The summed E-state index contributed by atoms with van der Waals surface area (Å²) in [6.07, 6.45) is -4.46. The number of carbonyl (C=O) groups excluding carboxylic acids is 1. The van der Waals surface area contributed by atoms with E-state index in [4.69, 9.17) is 21.1 Å². The zero-order chi connectivity index (χ0) is 26.9. The van der Waals surface area contributed by atoms with Crippen LogP contribution in [0.1, 0.15) is 17.2 Å². The highest BCUT2D eigenvalue weighted by molar-refractivity contribution is 6.30. The van der Waals surface area contributed by atoms with Crippen LogP contribution in [0.3, 0.4) is 0 Å². The van der Waals surface area contributed by atoms with Gasteiger partial charge in [-0.05, 0) is 77.9 Å². The topological polar surface area (TPSA) is 50.8 Å². The number of nitrogens with one attached hydrogen (secondary N) is 1. The van der Waals surface area contributed by atoms with Gasteiger partial charge in [-0.1, -0.05) is 35.9 Å². The largest absolute Gasteiger partial charge is 0.496 e. The van der Waals surface area contributed by atoms with Gasteiger partial charge in [-0.25, -0.2) is 4.79 Å². The van der Waals surface area contributed by atoms with Gasteiger partial charge in [0.2, 0.25) is 0 Å². The lowest BCUT2D eigenvalue weighted by Crippen LogP contribution is -2.27. The van der Waals surface area contributed by atoms with E-state index in [0.717, 1.165) is 23.3 Å². The molecule has 0 aliphatic carbocycles. The summed E-state index contributed by atoms with van der Waals surface area (Å²) in [5, 5.41) is 3.40. The van der Waals surface area contributed by atoms with Crippen LogP contribution in [0.4, 0.5) is 23.7 Å². The number of halogens is 4. The molecule has 4 aromatic carbocycles. The molecule has 1 aliphatic rings. The van der Waals surface area contributed by atoms with Crippen molar-refractivity contribution in [2.45, 2.75) is 12.2 Å². The molecule has 0 spiro atoms. The van der Waals surface area contributed by atoms with Crippen LogP contribution >= 0.6 is 11.6 Å². The van der Waals surface area contributed by atoms with Crippen LogP contribution < -0.4 is 19.7 Å². The Morgan fingerprint density at radius 1 is 0.921 bits per heavy atom. The molecule has 0 saturated carbocycles. The Balaban J connectivity index is 1.38. The Labute approximate surface area is 222 Å². The van der Waals surface area contributed by atoms with E-state index >= 15 is 0 Å². The molecule has 5 rings (SSSR count). The maximum atomic E-state index is 13.2. The first-order valence-electron chi connectivity index (χ1n) is 11.7. The molecule has 1 heterocycles. The molecular weight excluding hydrogens is 517 g/mol. The van der Waals surface area contributed by atoms with Crippen molar-refractivity contribution in [1.29, 1.82) is 0 Å². The minimum absolute atomic E-state index is 0.180. The van der Waals surface area contributed by atoms with E-state index in [2.05, 4.69) is 5.32 Å². The number of hydrogen-bond donors (Lipinski definition) is 1. The number of urea groups is 1. The number of alkyl halides is 3. The molecule has 0 bridgehead atoms. The SMILES string of the molecule is COc1ccc(N2CC(c3cccc(C(F)(F)F)c3)NC2=O)cc1-c1ccc(Oc2ccc(Cl)cc2)cc1. The van der Waals surface area contributed by atoms with E-state index in [9.17, 15) is 18.0 Å². The van der Waals surface area contributed by atoms with Crippen molar-refractivity contribution in [2.24, 2.45) is 0 Å². The molecule has 1 aliphatic heterocycles. The number of ether oxygens (including phenoxy) is 2. The Hall–Kier alpha value is -4.17. The zero-order valence-corrected chi connectivity index (χ0v) is 20.9. The van der Waals surface area contributed by atoms with Gasteiger partial charge < -0.3 is 14.8 Å². The van der Waals surface area contributed by atoms with Gasteiger partial charge in [0.05, 0.1) is 25.3 Å². The minimum Gasteiger partial charge on any atom is -0.496 e. The Morgan fingerprint density at radius 3 is 2.26 bits per heavy atom. The van der Waals surface area contributed by atoms with Crippen molar-refractivity contribution in [2.75, 3.05) is 18.6 Å². The molecule has 0 aromatic heterocycles. The molecule has 1 N–H and O–H groups in total. The first kappa shape index (κ1) is 25.5. The van der Waals surface area contributed by atoms with E-state index in [1.165, 1.54) is 11.0 Å². The summed E-state index contributed by atoms with van der Waals surface area (Å²) in [5.41, 5.74) is 1.81. The maximum Gasteiger partial charge on any atom is 0.416 e. The second kappa shape index (κ2) is 10.3. The maximum absolute atomic E-state index is 13.2. The van der Waals surface area contributed by atoms with E-state index in [1.54, 1.807) is 49.6 Å². The third-order valence-corrected chi connectivity index (χ3v) is 6.49. The summed E-state index contributed by atoms with van der Waals surface area (Å²) in [6, 6.07) is 23.8. The predicted octanol–water partition coefficient (Wildman–Crippen LogP) is 8.10. The van der Waals surface area contributed by atoms with Crippen LogP contribution in [-0.4, -0.2) is 19.7 Å². The molecule has 38 heavy (non-hydrogen) atoms. The van der Waals surface area contributed by atoms with E-state index in [1.807, 2.05) is 30.3 Å². The van der Waals surface area contributed by atoms with Crippen molar-refractivity contribution in [3.05, 3.63) is 107 Å². The van der Waals surface area contributed by atoms with Gasteiger partial charge in [0.15, 0.2) is 0 Å². The van der Waals surface area contributed by atoms with Crippen molar-refractivity contribution in [3.8, 4) is 28.4 Å². The van der Waals surface area contributed by atoms with Crippen molar-refractivity contribution in [1.82, 2.24) is 5.32 Å². The summed E-state index contributed by atoms with van der Waals surface area (Å²) in [5.74, 6) is 1.89. The molecule has 5 nitrogen and oxygen atoms in total. The van der Waals surface area contributed by atoms with E-state index in [0.29, 0.717) is 33.5 Å². The number of benzene rings is 4. The Kier molecular flexibility index (Phi) is 6.91. The van der Waals surface area contributed by atoms with Gasteiger partial charge >= 0.3 is 12.2 Å². The lowest BCUT2D eigenvalue weighted by Gasteiger charge is -2.18. The van der Waals surface area contributed by atoms with Crippen LogP contribution in [0.2, 0.25) is 5.02 Å². The second-order valence-electron chi connectivity index (χ2n) is 8.70. The van der Waals surface area contributed by atoms with Gasteiger partial charge in [0.1, 0.15) is 17.2 Å². The van der Waals surface area contributed by atoms with Gasteiger partial charge in [0, 0.05) is 16.3 Å². The molecule has 4 aromatic rings. The summed E-state index contributed by atoms with van der Waals surface area (Å²) in [6.45, 7) is 0.180. The molecule has 9 heteroatoms. The molecule has 2 amide bonds. The van der Waals surface area contributed by atoms with Gasteiger partial charge in [-0.3, -0.25) is 4.90 Å². The smallest absolute Gasteiger partial charge is 0.416 e. The Bertz CT molecular complexity index is 1460. The van der Waals surface area contributed by atoms with E-state index in [-0.39, 0.29) is 6.54 Å².